The van der Waals surface area contributed by atoms with Crippen molar-refractivity contribution in [1.82, 2.24) is 4.98 Å². The minimum Gasteiger partial charge on any atom is -0.246 e. The first-order valence-corrected chi connectivity index (χ1v) is 7.36. The SMILES string of the molecule is CC.CC.Cc1cc2c(nc1C)SCCC2. The molecular weight excluding hydrogens is 214 g/mol. The van der Waals surface area contributed by atoms with Crippen molar-refractivity contribution in [1.29, 1.82) is 0 Å². The van der Waals surface area contributed by atoms with Crippen molar-refractivity contribution in [2.75, 3.05) is 5.75 Å². The normalized spacial score (nSPS) is 12.6. The van der Waals surface area contributed by atoms with E-state index in [-0.39, 0.29) is 0 Å². The predicted octanol–water partition coefficient (Wildman–Crippen LogP) is 4.79. The number of thioether (sulfide) groups is 1. The molecule has 0 atom stereocenters. The van der Waals surface area contributed by atoms with E-state index in [9.17, 15) is 0 Å². The maximum absolute atomic E-state index is 4.58. The molecule has 0 N–H and O–H groups in total. The lowest BCUT2D eigenvalue weighted by molar-refractivity contribution is 0.843. The fraction of sp³-hybridized carbons (Fsp3) is 0.643. The van der Waals surface area contributed by atoms with E-state index in [0.29, 0.717) is 0 Å². The minimum absolute atomic E-state index is 1.18. The molecule has 1 nitrogen and oxygen atoms in total. The highest BCUT2D eigenvalue weighted by molar-refractivity contribution is 7.99. The Morgan fingerprint density at radius 2 is 1.75 bits per heavy atom. The molecule has 1 aromatic rings. The van der Waals surface area contributed by atoms with Gasteiger partial charge in [-0.05, 0) is 43.6 Å². The van der Waals surface area contributed by atoms with Crippen molar-refractivity contribution < 1.29 is 0 Å². The maximum atomic E-state index is 4.58. The molecule has 0 fully saturated rings. The van der Waals surface area contributed by atoms with Gasteiger partial charge in [0.1, 0.15) is 0 Å². The maximum Gasteiger partial charge on any atom is 0.0995 e. The van der Waals surface area contributed by atoms with E-state index in [1.165, 1.54) is 40.4 Å². The Balaban J connectivity index is 0.000000509. The molecule has 0 bridgehead atoms. The van der Waals surface area contributed by atoms with Crippen LogP contribution in [0.15, 0.2) is 11.1 Å². The predicted molar refractivity (Wildman–Crippen MR) is 75.5 cm³/mol. The highest BCUT2D eigenvalue weighted by Gasteiger charge is 2.11. The Hall–Kier alpha value is -0.500. The molecule has 1 aromatic heterocycles. The van der Waals surface area contributed by atoms with E-state index in [1.54, 1.807) is 0 Å². The number of nitrogens with zero attached hydrogens (tertiary/aromatic N) is 1. The van der Waals surface area contributed by atoms with E-state index in [4.69, 9.17) is 0 Å². The summed E-state index contributed by atoms with van der Waals surface area (Å²) in [7, 11) is 0. The highest BCUT2D eigenvalue weighted by Crippen LogP contribution is 2.29. The lowest BCUT2D eigenvalue weighted by atomic mass is 10.1. The largest absolute Gasteiger partial charge is 0.246 e. The second-order valence-corrected chi connectivity index (χ2v) is 4.39. The topological polar surface area (TPSA) is 12.9 Å². The van der Waals surface area contributed by atoms with Gasteiger partial charge in [0.25, 0.3) is 0 Å². The molecule has 16 heavy (non-hydrogen) atoms. The van der Waals surface area contributed by atoms with Gasteiger partial charge in [-0.1, -0.05) is 33.8 Å². The Morgan fingerprint density at radius 1 is 1.12 bits per heavy atom. The molecule has 2 heteroatoms. The second-order valence-electron chi connectivity index (χ2n) is 3.31. The van der Waals surface area contributed by atoms with Crippen LogP contribution in [0.25, 0.3) is 0 Å². The Morgan fingerprint density at radius 3 is 2.38 bits per heavy atom. The second kappa shape index (κ2) is 8.63. The van der Waals surface area contributed by atoms with E-state index in [2.05, 4.69) is 24.9 Å². The molecule has 0 saturated heterocycles. The molecule has 0 aliphatic carbocycles. The molecule has 2 heterocycles. The van der Waals surface area contributed by atoms with Crippen LogP contribution in [-0.2, 0) is 6.42 Å². The molecule has 0 amide bonds. The van der Waals surface area contributed by atoms with Crippen LogP contribution in [0.3, 0.4) is 0 Å². The van der Waals surface area contributed by atoms with E-state index in [0.717, 1.165) is 0 Å². The van der Waals surface area contributed by atoms with E-state index >= 15 is 0 Å². The summed E-state index contributed by atoms with van der Waals surface area (Å²) in [6.07, 6.45) is 2.53. The van der Waals surface area contributed by atoms with Crippen LogP contribution in [-0.4, -0.2) is 10.7 Å². The third-order valence-electron chi connectivity index (χ3n) is 2.33. The molecule has 2 rings (SSSR count). The summed E-state index contributed by atoms with van der Waals surface area (Å²) in [6.45, 7) is 12.2. The van der Waals surface area contributed by atoms with Crippen molar-refractivity contribution in [3.05, 3.63) is 22.9 Å². The number of fused-ring (bicyclic) bond motifs is 1. The van der Waals surface area contributed by atoms with E-state index < -0.39 is 0 Å². The number of rotatable bonds is 0. The van der Waals surface area contributed by atoms with Gasteiger partial charge in [-0.2, -0.15) is 0 Å². The average Bonchev–Trinajstić information content (AvgIpc) is 2.36. The van der Waals surface area contributed by atoms with Crippen LogP contribution in [0.2, 0.25) is 0 Å². The number of aromatic nitrogens is 1. The van der Waals surface area contributed by atoms with Crippen molar-refractivity contribution in [3.8, 4) is 0 Å². The third-order valence-corrected chi connectivity index (χ3v) is 3.45. The van der Waals surface area contributed by atoms with Gasteiger partial charge in [0.05, 0.1) is 5.03 Å². The summed E-state index contributed by atoms with van der Waals surface area (Å²) in [5.74, 6) is 1.24. The van der Waals surface area contributed by atoms with Gasteiger partial charge in [-0.15, -0.1) is 11.8 Å². The number of hydrogen-bond acceptors (Lipinski definition) is 2. The Kier molecular flexibility index (Phi) is 8.36. The summed E-state index contributed by atoms with van der Waals surface area (Å²) in [5, 5.41) is 1.27. The first-order valence-electron chi connectivity index (χ1n) is 6.37. The fourth-order valence-electron chi connectivity index (χ4n) is 1.48. The van der Waals surface area contributed by atoms with E-state index in [1.807, 2.05) is 39.5 Å². The minimum atomic E-state index is 1.18. The zero-order valence-corrected chi connectivity index (χ0v) is 12.4. The Bertz CT molecular complexity index is 277. The van der Waals surface area contributed by atoms with Gasteiger partial charge in [-0.25, -0.2) is 4.98 Å². The lowest BCUT2D eigenvalue weighted by Gasteiger charge is -2.15. The molecule has 92 valence electrons. The first kappa shape index (κ1) is 15.5. The summed E-state index contributed by atoms with van der Waals surface area (Å²) in [6, 6.07) is 2.30. The lowest BCUT2D eigenvalue weighted by Crippen LogP contribution is -2.03. The van der Waals surface area contributed by atoms with Crippen LogP contribution in [0.1, 0.15) is 50.9 Å². The molecule has 1 aliphatic rings. The molecule has 0 saturated carbocycles. The quantitative estimate of drug-likeness (QED) is 0.645. The summed E-state index contributed by atoms with van der Waals surface area (Å²) >= 11 is 1.90. The summed E-state index contributed by atoms with van der Waals surface area (Å²) in [4.78, 5) is 4.58. The molecule has 0 spiro atoms. The summed E-state index contributed by atoms with van der Waals surface area (Å²) < 4.78 is 0. The zero-order valence-electron chi connectivity index (χ0n) is 11.6. The van der Waals surface area contributed by atoms with Crippen molar-refractivity contribution in [2.45, 2.75) is 59.4 Å². The highest BCUT2D eigenvalue weighted by atomic mass is 32.2. The third kappa shape index (κ3) is 4.17. The van der Waals surface area contributed by atoms with Crippen molar-refractivity contribution in [3.63, 3.8) is 0 Å². The van der Waals surface area contributed by atoms with Gasteiger partial charge in [0.15, 0.2) is 0 Å². The van der Waals surface area contributed by atoms with Gasteiger partial charge >= 0.3 is 0 Å². The zero-order chi connectivity index (χ0) is 12.6. The standard InChI is InChI=1S/C10H13NS.2C2H6/c1-7-6-9-4-3-5-12-10(9)11-8(7)2;2*1-2/h6H,3-5H2,1-2H3;2*1-2H3. The number of hydrogen-bond donors (Lipinski definition) is 0. The molecule has 0 aromatic carbocycles. The van der Waals surface area contributed by atoms with Gasteiger partial charge in [0.2, 0.25) is 0 Å². The molecule has 0 unspecified atom stereocenters. The average molecular weight is 239 g/mol. The molecule has 1 aliphatic heterocycles. The molecular formula is C14H25NS. The Labute approximate surface area is 105 Å². The summed E-state index contributed by atoms with van der Waals surface area (Å²) in [5.41, 5.74) is 3.97. The van der Waals surface area contributed by atoms with Crippen LogP contribution < -0.4 is 0 Å². The van der Waals surface area contributed by atoms with Crippen molar-refractivity contribution >= 4 is 11.8 Å². The number of aryl methyl sites for hydroxylation is 3. The smallest absolute Gasteiger partial charge is 0.0995 e. The van der Waals surface area contributed by atoms with Crippen molar-refractivity contribution in [2.24, 2.45) is 0 Å². The van der Waals surface area contributed by atoms with Gasteiger partial charge in [-0.3, -0.25) is 0 Å². The van der Waals surface area contributed by atoms with Crippen LogP contribution in [0, 0.1) is 13.8 Å². The number of pyridine rings is 1. The fourth-order valence-corrected chi connectivity index (χ4v) is 2.51. The van der Waals surface area contributed by atoms with Gasteiger partial charge in [0, 0.05) is 5.69 Å². The first-order chi connectivity index (χ1) is 7.77. The molecule has 0 radical (unpaired) electrons. The van der Waals surface area contributed by atoms with Crippen LogP contribution in [0.5, 0.6) is 0 Å². The van der Waals surface area contributed by atoms with Gasteiger partial charge < -0.3 is 0 Å². The monoisotopic (exact) mass is 239 g/mol. The van der Waals surface area contributed by atoms with Crippen LogP contribution >= 0.6 is 11.8 Å². The van der Waals surface area contributed by atoms with Crippen LogP contribution in [0.4, 0.5) is 0 Å².